The Morgan fingerprint density at radius 2 is 2.19 bits per heavy atom. The lowest BCUT2D eigenvalue weighted by Gasteiger charge is -2.34. The summed E-state index contributed by atoms with van der Waals surface area (Å²) in [7, 11) is 0. The van der Waals surface area contributed by atoms with Gasteiger partial charge in [-0.05, 0) is 29.8 Å². The van der Waals surface area contributed by atoms with Crippen molar-refractivity contribution in [1.29, 1.82) is 0 Å². The Morgan fingerprint density at radius 1 is 1.48 bits per heavy atom. The second-order valence-corrected chi connectivity index (χ2v) is 7.04. The third kappa shape index (κ3) is 3.76. The number of carbonyl (C=O) groups excluding carboxylic acids is 2. The molecule has 1 heterocycles. The summed E-state index contributed by atoms with van der Waals surface area (Å²) in [5, 5.41) is 4.04. The van der Waals surface area contributed by atoms with E-state index in [9.17, 15) is 9.59 Å². The normalized spacial score (nSPS) is 30.0. The SMILES string of the molecule is C=CCON=C(CCC)C1C(=O)CC2(CCSC2)CC1=O. The zero-order valence-electron chi connectivity index (χ0n) is 12.6. The predicted octanol–water partition coefficient (Wildman–Crippen LogP) is 3.02. The molecule has 116 valence electrons. The molecule has 0 aromatic rings. The fourth-order valence-electron chi connectivity index (χ4n) is 3.16. The van der Waals surface area contributed by atoms with Gasteiger partial charge in [0.15, 0.2) is 0 Å². The number of ketones is 2. The lowest BCUT2D eigenvalue weighted by molar-refractivity contribution is -0.136. The van der Waals surface area contributed by atoms with Gasteiger partial charge in [0.2, 0.25) is 0 Å². The standard InChI is InChI=1S/C16H23NO3S/c1-3-5-12(17-20-7-4-2)15-13(18)9-16(10-14(15)19)6-8-21-11-16/h4,15H,2-3,5-11H2,1H3. The molecule has 2 aliphatic rings. The maximum atomic E-state index is 12.5. The first-order valence-corrected chi connectivity index (χ1v) is 8.70. The number of oxime groups is 1. The Morgan fingerprint density at radius 3 is 2.71 bits per heavy atom. The van der Waals surface area contributed by atoms with Crippen molar-refractivity contribution in [3.63, 3.8) is 0 Å². The predicted molar refractivity (Wildman–Crippen MR) is 85.6 cm³/mol. The van der Waals surface area contributed by atoms with Crippen LogP contribution in [0.25, 0.3) is 0 Å². The number of hydrogen-bond donors (Lipinski definition) is 0. The molecule has 1 aliphatic heterocycles. The minimum absolute atomic E-state index is 0.0307. The summed E-state index contributed by atoms with van der Waals surface area (Å²) in [5.74, 6) is 1.38. The van der Waals surface area contributed by atoms with Gasteiger partial charge in [-0.1, -0.05) is 31.2 Å². The van der Waals surface area contributed by atoms with E-state index in [-0.39, 0.29) is 17.0 Å². The highest BCUT2D eigenvalue weighted by Gasteiger charge is 2.48. The molecule has 0 aromatic heterocycles. The van der Waals surface area contributed by atoms with E-state index in [0.717, 1.165) is 24.3 Å². The average molecular weight is 309 g/mol. The summed E-state index contributed by atoms with van der Waals surface area (Å²) in [5.41, 5.74) is 0.518. The molecule has 0 radical (unpaired) electrons. The van der Waals surface area contributed by atoms with E-state index in [2.05, 4.69) is 11.7 Å². The fraction of sp³-hybridized carbons (Fsp3) is 0.688. The van der Waals surface area contributed by atoms with Crippen LogP contribution >= 0.6 is 11.8 Å². The van der Waals surface area contributed by atoms with Crippen LogP contribution in [-0.4, -0.2) is 35.4 Å². The maximum absolute atomic E-state index is 12.5. The van der Waals surface area contributed by atoms with E-state index in [1.807, 2.05) is 18.7 Å². The van der Waals surface area contributed by atoms with Crippen molar-refractivity contribution in [1.82, 2.24) is 0 Å². The molecule has 1 aliphatic carbocycles. The quantitative estimate of drug-likeness (QED) is 0.249. The molecule has 0 amide bonds. The Hall–Kier alpha value is -1.10. The second-order valence-electron chi connectivity index (χ2n) is 5.94. The van der Waals surface area contributed by atoms with E-state index < -0.39 is 5.92 Å². The monoisotopic (exact) mass is 309 g/mol. The Balaban J connectivity index is 2.13. The largest absolute Gasteiger partial charge is 0.392 e. The highest BCUT2D eigenvalue weighted by Crippen LogP contribution is 2.46. The van der Waals surface area contributed by atoms with Crippen LogP contribution in [0.4, 0.5) is 0 Å². The van der Waals surface area contributed by atoms with E-state index in [4.69, 9.17) is 4.84 Å². The molecule has 0 bridgehead atoms. The molecule has 1 spiro atoms. The molecule has 5 heteroatoms. The minimum atomic E-state index is -0.675. The zero-order valence-corrected chi connectivity index (χ0v) is 13.4. The van der Waals surface area contributed by atoms with Crippen molar-refractivity contribution < 1.29 is 14.4 Å². The Bertz CT molecular complexity index is 432. The fourth-order valence-corrected chi connectivity index (χ4v) is 4.66. The first-order chi connectivity index (χ1) is 10.1. The summed E-state index contributed by atoms with van der Waals surface area (Å²) in [6, 6.07) is 0. The number of Topliss-reactive ketones (excluding diaryl/α,β-unsaturated/α-hetero) is 2. The number of carbonyl (C=O) groups is 2. The molecular formula is C16H23NO3S. The van der Waals surface area contributed by atoms with Crippen molar-refractivity contribution in [3.05, 3.63) is 12.7 Å². The van der Waals surface area contributed by atoms with Crippen molar-refractivity contribution in [3.8, 4) is 0 Å². The molecule has 1 saturated carbocycles. The van der Waals surface area contributed by atoms with Crippen LogP contribution in [0.3, 0.4) is 0 Å². The van der Waals surface area contributed by atoms with E-state index in [1.54, 1.807) is 6.08 Å². The van der Waals surface area contributed by atoms with Gasteiger partial charge in [-0.15, -0.1) is 0 Å². The first kappa shape index (κ1) is 16.3. The third-order valence-electron chi connectivity index (χ3n) is 4.14. The Labute approximate surface area is 130 Å². The molecule has 2 rings (SSSR count). The number of nitrogens with zero attached hydrogens (tertiary/aromatic N) is 1. The lowest BCUT2D eigenvalue weighted by Crippen LogP contribution is -2.44. The van der Waals surface area contributed by atoms with Gasteiger partial charge in [0.05, 0.1) is 5.71 Å². The smallest absolute Gasteiger partial charge is 0.149 e. The van der Waals surface area contributed by atoms with Gasteiger partial charge in [0, 0.05) is 12.8 Å². The van der Waals surface area contributed by atoms with Crippen molar-refractivity contribution >= 4 is 29.0 Å². The molecule has 4 nitrogen and oxygen atoms in total. The Kier molecular flexibility index (Phi) is 5.62. The lowest BCUT2D eigenvalue weighted by atomic mass is 9.67. The average Bonchev–Trinajstić information content (AvgIpc) is 2.86. The van der Waals surface area contributed by atoms with Crippen LogP contribution in [-0.2, 0) is 14.4 Å². The molecule has 0 unspecified atom stereocenters. The van der Waals surface area contributed by atoms with Crippen LogP contribution in [0.5, 0.6) is 0 Å². The summed E-state index contributed by atoms with van der Waals surface area (Å²) < 4.78 is 0. The molecule has 0 atom stereocenters. The van der Waals surface area contributed by atoms with Crippen molar-refractivity contribution in [2.45, 2.75) is 39.0 Å². The van der Waals surface area contributed by atoms with Gasteiger partial charge in [0.1, 0.15) is 24.1 Å². The summed E-state index contributed by atoms with van der Waals surface area (Å²) in [4.78, 5) is 30.2. The van der Waals surface area contributed by atoms with E-state index in [1.165, 1.54) is 0 Å². The topological polar surface area (TPSA) is 55.7 Å². The summed E-state index contributed by atoms with van der Waals surface area (Å²) in [6.45, 7) is 5.87. The molecule has 0 aromatic carbocycles. The highest BCUT2D eigenvalue weighted by atomic mass is 32.2. The van der Waals surface area contributed by atoms with Crippen LogP contribution in [0.1, 0.15) is 39.0 Å². The molecule has 0 N–H and O–H groups in total. The molecule has 1 saturated heterocycles. The second kappa shape index (κ2) is 7.25. The minimum Gasteiger partial charge on any atom is -0.392 e. The molecule has 2 fully saturated rings. The van der Waals surface area contributed by atoms with Gasteiger partial charge < -0.3 is 4.84 Å². The van der Waals surface area contributed by atoms with E-state index in [0.29, 0.717) is 31.6 Å². The number of rotatable bonds is 6. The van der Waals surface area contributed by atoms with Crippen LogP contribution < -0.4 is 0 Å². The third-order valence-corrected chi connectivity index (χ3v) is 5.45. The van der Waals surface area contributed by atoms with Crippen LogP contribution in [0.2, 0.25) is 0 Å². The highest BCUT2D eigenvalue weighted by molar-refractivity contribution is 7.99. The van der Waals surface area contributed by atoms with Crippen LogP contribution in [0.15, 0.2) is 17.8 Å². The first-order valence-electron chi connectivity index (χ1n) is 7.54. The summed E-state index contributed by atoms with van der Waals surface area (Å²) >= 11 is 1.85. The van der Waals surface area contributed by atoms with Gasteiger partial charge in [0.25, 0.3) is 0 Å². The van der Waals surface area contributed by atoms with E-state index >= 15 is 0 Å². The molecular weight excluding hydrogens is 286 g/mol. The van der Waals surface area contributed by atoms with Crippen LogP contribution in [0, 0.1) is 11.3 Å². The number of thioether (sulfide) groups is 1. The van der Waals surface area contributed by atoms with Gasteiger partial charge >= 0.3 is 0 Å². The molecule has 21 heavy (non-hydrogen) atoms. The zero-order chi connectivity index (χ0) is 15.3. The van der Waals surface area contributed by atoms with Crippen molar-refractivity contribution in [2.75, 3.05) is 18.1 Å². The summed E-state index contributed by atoms with van der Waals surface area (Å²) in [6.07, 6.45) is 5.08. The van der Waals surface area contributed by atoms with Crippen molar-refractivity contribution in [2.24, 2.45) is 16.5 Å². The number of hydrogen-bond acceptors (Lipinski definition) is 5. The van der Waals surface area contributed by atoms with Gasteiger partial charge in [-0.25, -0.2) is 0 Å². The van der Waals surface area contributed by atoms with Gasteiger partial charge in [-0.3, -0.25) is 9.59 Å². The van der Waals surface area contributed by atoms with Gasteiger partial charge in [-0.2, -0.15) is 11.8 Å². The maximum Gasteiger partial charge on any atom is 0.149 e.